The van der Waals surface area contributed by atoms with Crippen molar-refractivity contribution in [3.63, 3.8) is 0 Å². The molecule has 0 aliphatic rings. The molecular weight excluding hydrogens is 722 g/mol. The zero-order chi connectivity index (χ0) is 43.9. The van der Waals surface area contributed by atoms with E-state index in [1.165, 1.54) is 49.8 Å². The highest BCUT2D eigenvalue weighted by atomic mass is 16.3. The number of aliphatic hydroxyl groups is 2. The first kappa shape index (κ1) is 52.2. The maximum atomic E-state index is 14.4. The molecule has 0 fully saturated rings. The first-order chi connectivity index (χ1) is 25.7. The normalized spacial score (nSPS) is 15.4. The first-order valence-electron chi connectivity index (χ1n) is 19.9. The van der Waals surface area contributed by atoms with Gasteiger partial charge in [-0.15, -0.1) is 0 Å². The molecule has 16 heteroatoms. The summed E-state index contributed by atoms with van der Waals surface area (Å²) >= 11 is 0. The van der Waals surface area contributed by atoms with E-state index in [0.717, 1.165) is 9.80 Å². The number of primary amides is 1. The summed E-state index contributed by atoms with van der Waals surface area (Å²) in [6.45, 7) is 17.5. The van der Waals surface area contributed by atoms with Gasteiger partial charge in [0.1, 0.15) is 30.2 Å². The molecule has 5 N–H and O–H groups in total. The van der Waals surface area contributed by atoms with Gasteiger partial charge in [-0.1, -0.05) is 62.3 Å². The molecule has 7 atom stereocenters. The predicted molar refractivity (Wildman–Crippen MR) is 215 cm³/mol. The number of carbonyl (C=O) groups excluding carboxylic acids is 7. The van der Waals surface area contributed by atoms with Crippen LogP contribution in [0.25, 0.3) is 0 Å². The maximum absolute atomic E-state index is 14.4. The Morgan fingerprint density at radius 1 is 0.607 bits per heavy atom. The van der Waals surface area contributed by atoms with E-state index in [1.54, 1.807) is 27.8 Å². The van der Waals surface area contributed by atoms with E-state index in [9.17, 15) is 43.8 Å². The van der Waals surface area contributed by atoms with Crippen molar-refractivity contribution in [1.82, 2.24) is 29.8 Å². The summed E-state index contributed by atoms with van der Waals surface area (Å²) < 4.78 is 0. The summed E-state index contributed by atoms with van der Waals surface area (Å²) in [5.74, 6) is -4.74. The first-order valence-corrected chi connectivity index (χ1v) is 19.9. The van der Waals surface area contributed by atoms with Crippen LogP contribution in [0.1, 0.15) is 101 Å². The van der Waals surface area contributed by atoms with Crippen molar-refractivity contribution < 1.29 is 43.8 Å². The van der Waals surface area contributed by atoms with Crippen LogP contribution < -0.4 is 11.1 Å². The fourth-order valence-corrected chi connectivity index (χ4v) is 6.66. The molecule has 0 aromatic heterocycles. The Labute approximate surface area is 335 Å². The monoisotopic (exact) mass is 798 g/mol. The topological polar surface area (TPSA) is 214 Å². The molecule has 0 bridgehead atoms. The molecule has 0 rings (SSSR count). The number of hydrogen-bond acceptors (Lipinski definition) is 9. The molecule has 0 radical (unpaired) electrons. The van der Waals surface area contributed by atoms with Gasteiger partial charge < -0.3 is 45.8 Å². The fourth-order valence-electron chi connectivity index (χ4n) is 6.66. The van der Waals surface area contributed by atoms with Gasteiger partial charge in [-0.05, 0) is 62.2 Å². The average Bonchev–Trinajstić information content (AvgIpc) is 3.09. The summed E-state index contributed by atoms with van der Waals surface area (Å²) in [4.78, 5) is 100. The highest BCUT2D eigenvalue weighted by Crippen LogP contribution is 2.23. The van der Waals surface area contributed by atoms with Crippen molar-refractivity contribution in [3.05, 3.63) is 0 Å². The van der Waals surface area contributed by atoms with E-state index < -0.39 is 90.1 Å². The van der Waals surface area contributed by atoms with E-state index >= 15 is 0 Å². The van der Waals surface area contributed by atoms with Crippen LogP contribution in [0.4, 0.5) is 0 Å². The standard InChI is InChI=1S/C40H75N7O9/c1-23(2)16-17-31(49)45(13)30(21-25(5)6)39(55)46(14)33(26(7)8)40(56)47(15)34(35(51)27(9)18-19-48)37(53)42-28(10)38(54)43(11)22-32(50)44(12)29(36(41)52)20-24(3)4/h23-30,33-35,48,51H,16-22H2,1-15H3,(H2,41,52)(H,42,53)/t27-,28?,29?,30?,33+,34+,35+/m1/s1. The lowest BCUT2D eigenvalue weighted by atomic mass is 9.92. The second-order valence-corrected chi connectivity index (χ2v) is 17.1. The lowest BCUT2D eigenvalue weighted by Crippen LogP contribution is -2.63. The van der Waals surface area contributed by atoms with Crippen LogP contribution in [0.3, 0.4) is 0 Å². The molecule has 16 nitrogen and oxygen atoms in total. The van der Waals surface area contributed by atoms with Gasteiger partial charge in [-0.2, -0.15) is 0 Å². The van der Waals surface area contributed by atoms with Crippen molar-refractivity contribution in [2.75, 3.05) is 48.4 Å². The molecule has 0 aliphatic heterocycles. The number of carbonyl (C=O) groups is 7. The minimum atomic E-state index is -1.55. The van der Waals surface area contributed by atoms with Crippen molar-refractivity contribution in [2.45, 2.75) is 138 Å². The van der Waals surface area contributed by atoms with Crippen molar-refractivity contribution >= 4 is 41.4 Å². The number of nitrogens with one attached hydrogen (secondary N) is 1. The SMILES string of the molecule is CC(C)CCC(=O)N(C)C(CC(C)C)C(=O)N(C)[C@H](C(=O)N(C)[C@H](C(=O)NC(C)C(=O)N(C)CC(=O)N(C)C(CC(C)C)C(N)=O)[C@@H](O)[C@H](C)CCO)C(C)C. The van der Waals surface area contributed by atoms with E-state index in [0.29, 0.717) is 25.2 Å². The molecule has 324 valence electrons. The molecule has 0 saturated carbocycles. The van der Waals surface area contributed by atoms with Crippen molar-refractivity contribution in [3.8, 4) is 0 Å². The Kier molecular flexibility index (Phi) is 22.5. The fraction of sp³-hybridized carbons (Fsp3) is 0.825. The summed E-state index contributed by atoms with van der Waals surface area (Å²) in [7, 11) is 7.22. The Balaban J connectivity index is 6.51. The van der Waals surface area contributed by atoms with Gasteiger partial charge in [-0.3, -0.25) is 33.6 Å². The Morgan fingerprint density at radius 2 is 1.09 bits per heavy atom. The minimum Gasteiger partial charge on any atom is -0.396 e. The highest BCUT2D eigenvalue weighted by molar-refractivity contribution is 5.96. The van der Waals surface area contributed by atoms with Gasteiger partial charge in [-0.25, -0.2) is 0 Å². The Morgan fingerprint density at radius 3 is 1.54 bits per heavy atom. The number of nitrogens with two attached hydrogens (primary N) is 1. The molecule has 0 aromatic rings. The molecule has 0 spiro atoms. The van der Waals surface area contributed by atoms with Gasteiger partial charge in [0, 0.05) is 48.3 Å². The molecule has 56 heavy (non-hydrogen) atoms. The van der Waals surface area contributed by atoms with E-state index in [4.69, 9.17) is 5.73 Å². The average molecular weight is 798 g/mol. The second-order valence-electron chi connectivity index (χ2n) is 17.1. The number of nitrogens with zero attached hydrogens (tertiary/aromatic N) is 5. The Bertz CT molecular complexity index is 1320. The molecule has 0 aliphatic carbocycles. The maximum Gasteiger partial charge on any atom is 0.246 e. The highest BCUT2D eigenvalue weighted by Gasteiger charge is 2.43. The molecule has 7 amide bonds. The van der Waals surface area contributed by atoms with Gasteiger partial charge in [0.2, 0.25) is 41.4 Å². The summed E-state index contributed by atoms with van der Waals surface area (Å²) in [6, 6.07) is -5.60. The van der Waals surface area contributed by atoms with Crippen molar-refractivity contribution in [2.24, 2.45) is 35.3 Å². The predicted octanol–water partition coefficient (Wildman–Crippen LogP) is 1.31. The number of hydrogen-bond donors (Lipinski definition) is 4. The van der Waals surface area contributed by atoms with Gasteiger partial charge in [0.25, 0.3) is 0 Å². The summed E-state index contributed by atoms with van der Waals surface area (Å²) in [6.07, 6.45) is 0.228. The van der Waals surface area contributed by atoms with E-state index in [-0.39, 0.29) is 37.2 Å². The smallest absolute Gasteiger partial charge is 0.246 e. The van der Waals surface area contributed by atoms with Crippen LogP contribution in [0.2, 0.25) is 0 Å². The molecule has 3 unspecified atom stereocenters. The Hall–Kier alpha value is -3.79. The van der Waals surface area contributed by atoms with Crippen LogP contribution in [-0.2, 0) is 33.6 Å². The third-order valence-corrected chi connectivity index (χ3v) is 10.3. The van der Waals surface area contributed by atoms with Crippen LogP contribution in [0.5, 0.6) is 0 Å². The van der Waals surface area contributed by atoms with Crippen LogP contribution in [0.15, 0.2) is 0 Å². The zero-order valence-corrected chi connectivity index (χ0v) is 36.9. The third kappa shape index (κ3) is 15.6. The minimum absolute atomic E-state index is 0.0458. The van der Waals surface area contributed by atoms with Gasteiger partial charge >= 0.3 is 0 Å². The number of likely N-dealkylation sites (N-methyl/N-ethyl adjacent to an activating group) is 5. The van der Waals surface area contributed by atoms with Crippen LogP contribution in [0, 0.1) is 29.6 Å². The number of amides is 7. The molecule has 0 heterocycles. The lowest BCUT2D eigenvalue weighted by Gasteiger charge is -2.40. The molecule has 0 saturated heterocycles. The quantitative estimate of drug-likeness (QED) is 0.111. The summed E-state index contributed by atoms with van der Waals surface area (Å²) in [5, 5.41) is 23.7. The summed E-state index contributed by atoms with van der Waals surface area (Å²) in [5.41, 5.74) is 5.54. The number of aliphatic hydroxyl groups excluding tert-OH is 2. The van der Waals surface area contributed by atoms with Gasteiger partial charge in [0.05, 0.1) is 12.6 Å². The van der Waals surface area contributed by atoms with Crippen LogP contribution >= 0.6 is 0 Å². The molecule has 0 aromatic carbocycles. The lowest BCUT2D eigenvalue weighted by molar-refractivity contribution is -0.156. The van der Waals surface area contributed by atoms with Crippen LogP contribution in [-0.4, -0.2) is 161 Å². The zero-order valence-electron chi connectivity index (χ0n) is 36.9. The third-order valence-electron chi connectivity index (χ3n) is 10.3. The van der Waals surface area contributed by atoms with E-state index in [2.05, 4.69) is 5.32 Å². The number of rotatable bonds is 24. The largest absolute Gasteiger partial charge is 0.396 e. The van der Waals surface area contributed by atoms with E-state index in [1.807, 2.05) is 41.5 Å². The molecular formula is C40H75N7O9. The van der Waals surface area contributed by atoms with Crippen molar-refractivity contribution in [1.29, 1.82) is 0 Å². The second kappa shape index (κ2) is 24.1. The van der Waals surface area contributed by atoms with Gasteiger partial charge in [0.15, 0.2) is 0 Å².